The standard InChI is InChI=1S/C6H14N2/c1-6(2)5-8-4-3-7/h3,6-8H,4-5H2,1-2H3. The lowest BCUT2D eigenvalue weighted by Gasteiger charge is -2.02. The molecule has 0 aromatic carbocycles. The van der Waals surface area contributed by atoms with E-state index in [2.05, 4.69) is 19.2 Å². The molecule has 2 N–H and O–H groups in total. The van der Waals surface area contributed by atoms with Gasteiger partial charge in [0.1, 0.15) is 0 Å². The molecule has 0 aromatic rings. The summed E-state index contributed by atoms with van der Waals surface area (Å²) in [6.45, 7) is 6.02. The van der Waals surface area contributed by atoms with Crippen LogP contribution >= 0.6 is 0 Å². The highest BCUT2D eigenvalue weighted by molar-refractivity contribution is 5.55. The summed E-state index contributed by atoms with van der Waals surface area (Å²) < 4.78 is 0. The molecule has 0 spiro atoms. The Balaban J connectivity index is 2.81. The summed E-state index contributed by atoms with van der Waals surface area (Å²) in [6, 6.07) is 0. The smallest absolute Gasteiger partial charge is 0.0302 e. The van der Waals surface area contributed by atoms with E-state index in [1.54, 1.807) is 0 Å². The van der Waals surface area contributed by atoms with Crippen molar-refractivity contribution in [2.75, 3.05) is 13.1 Å². The average molecular weight is 114 g/mol. The highest BCUT2D eigenvalue weighted by atomic mass is 14.8. The van der Waals surface area contributed by atoms with Crippen molar-refractivity contribution in [2.45, 2.75) is 13.8 Å². The summed E-state index contributed by atoms with van der Waals surface area (Å²) in [7, 11) is 0. The monoisotopic (exact) mass is 114 g/mol. The lowest BCUT2D eigenvalue weighted by molar-refractivity contribution is 0.583. The molecule has 0 rings (SSSR count). The van der Waals surface area contributed by atoms with Crippen molar-refractivity contribution in [3.63, 3.8) is 0 Å². The summed E-state index contributed by atoms with van der Waals surface area (Å²) in [6.07, 6.45) is 1.38. The molecule has 0 aromatic heterocycles. The molecule has 0 unspecified atom stereocenters. The van der Waals surface area contributed by atoms with Crippen molar-refractivity contribution >= 4 is 6.21 Å². The van der Waals surface area contributed by atoms with Gasteiger partial charge in [0.2, 0.25) is 0 Å². The Morgan fingerprint density at radius 2 is 2.25 bits per heavy atom. The molecule has 48 valence electrons. The van der Waals surface area contributed by atoms with Crippen LogP contribution in [-0.2, 0) is 0 Å². The van der Waals surface area contributed by atoms with Gasteiger partial charge in [-0.1, -0.05) is 13.8 Å². The van der Waals surface area contributed by atoms with Crippen LogP contribution in [0.3, 0.4) is 0 Å². The summed E-state index contributed by atoms with van der Waals surface area (Å²) in [4.78, 5) is 0. The Kier molecular flexibility index (Phi) is 4.56. The molecule has 0 saturated heterocycles. The Morgan fingerprint density at radius 3 is 2.62 bits per heavy atom. The van der Waals surface area contributed by atoms with Crippen molar-refractivity contribution in [1.82, 2.24) is 5.32 Å². The van der Waals surface area contributed by atoms with Gasteiger partial charge in [-0.15, -0.1) is 0 Å². The summed E-state index contributed by atoms with van der Waals surface area (Å²) >= 11 is 0. The quantitative estimate of drug-likeness (QED) is 0.413. The fourth-order valence-electron chi connectivity index (χ4n) is 0.444. The summed E-state index contributed by atoms with van der Waals surface area (Å²) in [5.41, 5.74) is 0. The predicted octanol–water partition coefficient (Wildman–Crippen LogP) is 0.882. The zero-order chi connectivity index (χ0) is 6.41. The van der Waals surface area contributed by atoms with Crippen LogP contribution < -0.4 is 5.32 Å². The summed E-state index contributed by atoms with van der Waals surface area (Å²) in [5.74, 6) is 0.690. The number of rotatable bonds is 4. The van der Waals surface area contributed by atoms with Crippen molar-refractivity contribution in [3.05, 3.63) is 0 Å². The third kappa shape index (κ3) is 5.63. The molecule has 8 heavy (non-hydrogen) atoms. The van der Waals surface area contributed by atoms with E-state index < -0.39 is 0 Å². The molecule has 0 amide bonds. The van der Waals surface area contributed by atoms with Crippen LogP contribution in [-0.4, -0.2) is 19.3 Å². The molecular weight excluding hydrogens is 100 g/mol. The number of hydrogen-bond donors (Lipinski definition) is 2. The second-order valence-corrected chi connectivity index (χ2v) is 2.26. The van der Waals surface area contributed by atoms with Gasteiger partial charge in [0.15, 0.2) is 0 Å². The van der Waals surface area contributed by atoms with E-state index in [1.807, 2.05) is 0 Å². The van der Waals surface area contributed by atoms with Crippen LogP contribution in [0.4, 0.5) is 0 Å². The van der Waals surface area contributed by atoms with E-state index in [0.29, 0.717) is 12.5 Å². The van der Waals surface area contributed by atoms with Gasteiger partial charge in [-0.25, -0.2) is 0 Å². The molecule has 2 nitrogen and oxygen atoms in total. The molecular formula is C6H14N2. The van der Waals surface area contributed by atoms with Gasteiger partial charge in [0.05, 0.1) is 0 Å². The Labute approximate surface area is 50.8 Å². The maximum atomic E-state index is 6.66. The maximum absolute atomic E-state index is 6.66. The van der Waals surface area contributed by atoms with Gasteiger partial charge in [-0.3, -0.25) is 0 Å². The molecule has 0 heterocycles. The van der Waals surface area contributed by atoms with Crippen LogP contribution in [0, 0.1) is 11.3 Å². The SMILES string of the molecule is CC(C)CNCC=N. The molecule has 0 aliphatic rings. The van der Waals surface area contributed by atoms with Crippen molar-refractivity contribution < 1.29 is 0 Å². The maximum Gasteiger partial charge on any atom is 0.0302 e. The minimum absolute atomic E-state index is 0.690. The second-order valence-electron chi connectivity index (χ2n) is 2.26. The third-order valence-electron chi connectivity index (χ3n) is 0.799. The molecule has 0 saturated carbocycles. The first kappa shape index (κ1) is 7.63. The minimum Gasteiger partial charge on any atom is -0.312 e. The van der Waals surface area contributed by atoms with E-state index in [4.69, 9.17) is 5.41 Å². The highest BCUT2D eigenvalue weighted by Crippen LogP contribution is 1.84. The van der Waals surface area contributed by atoms with Gasteiger partial charge in [-0.05, 0) is 12.5 Å². The molecule has 0 aliphatic carbocycles. The second kappa shape index (κ2) is 4.78. The van der Waals surface area contributed by atoms with E-state index >= 15 is 0 Å². The van der Waals surface area contributed by atoms with Crippen LogP contribution in [0.1, 0.15) is 13.8 Å². The largest absolute Gasteiger partial charge is 0.312 e. The number of nitrogens with one attached hydrogen (secondary N) is 2. The van der Waals surface area contributed by atoms with E-state index in [0.717, 1.165) is 6.54 Å². The Morgan fingerprint density at radius 1 is 1.62 bits per heavy atom. The summed E-state index contributed by atoms with van der Waals surface area (Å²) in [5, 5.41) is 9.75. The van der Waals surface area contributed by atoms with E-state index in [1.165, 1.54) is 6.21 Å². The lowest BCUT2D eigenvalue weighted by Crippen LogP contribution is -2.21. The zero-order valence-corrected chi connectivity index (χ0v) is 5.57. The topological polar surface area (TPSA) is 35.9 Å². The fraction of sp³-hybridized carbons (Fsp3) is 0.833. The van der Waals surface area contributed by atoms with E-state index in [-0.39, 0.29) is 0 Å². The minimum atomic E-state index is 0.690. The van der Waals surface area contributed by atoms with Gasteiger partial charge in [-0.2, -0.15) is 0 Å². The van der Waals surface area contributed by atoms with Crippen molar-refractivity contribution in [1.29, 1.82) is 5.41 Å². The van der Waals surface area contributed by atoms with E-state index in [9.17, 15) is 0 Å². The van der Waals surface area contributed by atoms with Gasteiger partial charge < -0.3 is 10.7 Å². The first-order valence-electron chi connectivity index (χ1n) is 2.97. The Hall–Kier alpha value is -0.370. The molecule has 0 atom stereocenters. The molecule has 2 heteroatoms. The lowest BCUT2D eigenvalue weighted by atomic mass is 10.2. The van der Waals surface area contributed by atoms with Crippen molar-refractivity contribution in [3.8, 4) is 0 Å². The highest BCUT2D eigenvalue weighted by Gasteiger charge is 1.88. The molecule has 0 radical (unpaired) electrons. The molecule has 0 aliphatic heterocycles. The predicted molar refractivity (Wildman–Crippen MR) is 36.5 cm³/mol. The van der Waals surface area contributed by atoms with Crippen LogP contribution in [0.2, 0.25) is 0 Å². The first-order chi connectivity index (χ1) is 3.77. The van der Waals surface area contributed by atoms with Crippen molar-refractivity contribution in [2.24, 2.45) is 5.92 Å². The number of hydrogen-bond acceptors (Lipinski definition) is 2. The Bertz CT molecular complexity index is 59.5. The van der Waals surface area contributed by atoms with Crippen LogP contribution in [0.15, 0.2) is 0 Å². The average Bonchev–Trinajstić information content (AvgIpc) is 1.66. The first-order valence-corrected chi connectivity index (χ1v) is 2.97. The van der Waals surface area contributed by atoms with Crippen LogP contribution in [0.5, 0.6) is 0 Å². The normalized spacial score (nSPS) is 9.88. The zero-order valence-electron chi connectivity index (χ0n) is 5.57. The third-order valence-corrected chi connectivity index (χ3v) is 0.799. The van der Waals surface area contributed by atoms with Crippen LogP contribution in [0.25, 0.3) is 0 Å². The fourth-order valence-corrected chi connectivity index (χ4v) is 0.444. The molecule has 0 bridgehead atoms. The van der Waals surface area contributed by atoms with Gasteiger partial charge >= 0.3 is 0 Å². The van der Waals surface area contributed by atoms with Gasteiger partial charge in [0.25, 0.3) is 0 Å². The molecule has 0 fully saturated rings. The van der Waals surface area contributed by atoms with Gasteiger partial charge in [0, 0.05) is 12.8 Å².